The molecule has 2 aromatic carbocycles. The predicted molar refractivity (Wildman–Crippen MR) is 135 cm³/mol. The molecule has 2 aliphatic carbocycles. The summed E-state index contributed by atoms with van der Waals surface area (Å²) < 4.78 is 77.2. The molecule has 0 radical (unpaired) electrons. The van der Waals surface area contributed by atoms with E-state index in [-0.39, 0.29) is 33.3 Å². The molecule has 4 amide bonds. The van der Waals surface area contributed by atoms with Crippen LogP contribution in [0.25, 0.3) is 0 Å². The highest BCUT2D eigenvalue weighted by Gasteiger charge is 2.77. The normalized spacial score (nSPS) is 31.7. The molecule has 0 spiro atoms. The molecule has 0 bridgehead atoms. The van der Waals surface area contributed by atoms with Gasteiger partial charge in [0.2, 0.25) is 5.82 Å². The van der Waals surface area contributed by atoms with Crippen LogP contribution in [0.1, 0.15) is 24.3 Å². The minimum atomic E-state index is -2.73. The van der Waals surface area contributed by atoms with Crippen molar-refractivity contribution in [2.24, 2.45) is 17.8 Å². The number of carbonyl (C=O) groups excluding carboxylic acids is 4. The second-order valence-electron chi connectivity index (χ2n) is 10.6. The zero-order valence-corrected chi connectivity index (χ0v) is 23.0. The number of carbonyl (C=O) groups is 4. The minimum absolute atomic E-state index is 0.00855. The Morgan fingerprint density at radius 3 is 2.09 bits per heavy atom. The monoisotopic (exact) mass is 646 g/mol. The fraction of sp³-hybridized carbons (Fsp3) is 0.333. The molecule has 226 valence electrons. The fourth-order valence-electron chi connectivity index (χ4n) is 6.81. The lowest BCUT2D eigenvalue weighted by Crippen LogP contribution is -2.60. The zero-order chi connectivity index (χ0) is 31.5. The number of imide groups is 2. The Labute approximate surface area is 248 Å². The Bertz CT molecular complexity index is 1690. The van der Waals surface area contributed by atoms with Gasteiger partial charge < -0.3 is 9.84 Å². The van der Waals surface area contributed by atoms with Crippen molar-refractivity contribution in [1.82, 2.24) is 5.06 Å². The number of hydrogen-bond donors (Lipinski definition) is 2. The lowest BCUT2D eigenvalue weighted by Gasteiger charge is -2.50. The maximum absolute atomic E-state index is 15.0. The number of ether oxygens (including phenoxy) is 1. The molecule has 1 saturated carbocycles. The van der Waals surface area contributed by atoms with Crippen molar-refractivity contribution >= 4 is 52.5 Å². The van der Waals surface area contributed by atoms with Crippen molar-refractivity contribution in [2.45, 2.75) is 28.5 Å². The van der Waals surface area contributed by atoms with Gasteiger partial charge in [-0.25, -0.2) is 26.9 Å². The molecule has 2 aliphatic heterocycles. The number of hydrogen-bond acceptors (Lipinski definition) is 7. The standard InChI is InChI=1S/C27H17Cl2F5N2O7/c1-43-13-5-2-8(6-12(13)37)15-9-3-4-10-14(23(39)36(42)22(10)38)11(9)7-26(28)24(40)35(25(41)27(15,26)29)21-19(33)17(31)16(30)18(32)20(21)34/h2-3,5-6,10-11,14-15,37,42H,4,7H2,1H3/t10-,11+,14-,15-,26+,27-/m0/s1. The molecule has 4 aliphatic rings. The smallest absolute Gasteiger partial charge is 0.258 e. The van der Waals surface area contributed by atoms with Crippen LogP contribution in [-0.4, -0.2) is 55.9 Å². The highest BCUT2D eigenvalue weighted by molar-refractivity contribution is 6.58. The number of benzene rings is 2. The Morgan fingerprint density at radius 2 is 1.51 bits per heavy atom. The first-order valence-electron chi connectivity index (χ1n) is 12.5. The van der Waals surface area contributed by atoms with Crippen LogP contribution in [0.5, 0.6) is 11.5 Å². The Balaban J connectivity index is 1.62. The van der Waals surface area contributed by atoms with Crippen LogP contribution < -0.4 is 9.64 Å². The maximum atomic E-state index is 15.0. The van der Waals surface area contributed by atoms with Gasteiger partial charge in [0.1, 0.15) is 5.69 Å². The summed E-state index contributed by atoms with van der Waals surface area (Å²) in [5.74, 6) is -23.4. The molecule has 6 rings (SSSR count). The zero-order valence-electron chi connectivity index (χ0n) is 21.5. The van der Waals surface area contributed by atoms with Gasteiger partial charge in [-0.3, -0.25) is 24.4 Å². The topological polar surface area (TPSA) is 124 Å². The first kappa shape index (κ1) is 29.3. The van der Waals surface area contributed by atoms with E-state index >= 15 is 0 Å². The molecule has 2 saturated heterocycles. The van der Waals surface area contributed by atoms with Crippen molar-refractivity contribution in [3.8, 4) is 11.5 Å². The first-order valence-corrected chi connectivity index (χ1v) is 13.3. The number of rotatable bonds is 3. The van der Waals surface area contributed by atoms with Gasteiger partial charge in [0.15, 0.2) is 44.5 Å². The summed E-state index contributed by atoms with van der Waals surface area (Å²) >= 11 is 13.8. The van der Waals surface area contributed by atoms with E-state index in [2.05, 4.69) is 0 Å². The molecule has 0 unspecified atom stereocenters. The Morgan fingerprint density at radius 1 is 0.907 bits per heavy atom. The summed E-state index contributed by atoms with van der Waals surface area (Å²) in [5.41, 5.74) is -1.75. The molecule has 2 N–H and O–H groups in total. The van der Waals surface area contributed by atoms with E-state index in [0.29, 0.717) is 0 Å². The van der Waals surface area contributed by atoms with Gasteiger partial charge in [-0.1, -0.05) is 17.7 Å². The van der Waals surface area contributed by atoms with Crippen LogP contribution in [0, 0.1) is 46.8 Å². The maximum Gasteiger partial charge on any atom is 0.258 e. The third kappa shape index (κ3) is 3.48. The van der Waals surface area contributed by atoms with Gasteiger partial charge in [0, 0.05) is 5.92 Å². The van der Waals surface area contributed by atoms with Crippen LogP contribution in [-0.2, 0) is 19.2 Å². The van der Waals surface area contributed by atoms with E-state index in [9.17, 15) is 51.4 Å². The van der Waals surface area contributed by atoms with Crippen LogP contribution in [0.2, 0.25) is 0 Å². The fourth-order valence-corrected chi connectivity index (χ4v) is 7.75. The van der Waals surface area contributed by atoms with Crippen molar-refractivity contribution in [3.05, 3.63) is 64.5 Å². The first-order chi connectivity index (χ1) is 20.1. The number of phenols is 1. The Kier molecular flexibility index (Phi) is 6.39. The molecule has 6 atom stereocenters. The average molecular weight is 647 g/mol. The van der Waals surface area contributed by atoms with E-state index < -0.39 is 104 Å². The Hall–Kier alpha value is -3.75. The molecular formula is C27H17Cl2F5N2O7. The van der Waals surface area contributed by atoms with Gasteiger partial charge in [0.05, 0.1) is 18.9 Å². The second-order valence-corrected chi connectivity index (χ2v) is 11.9. The third-order valence-corrected chi connectivity index (χ3v) is 10.1. The van der Waals surface area contributed by atoms with Crippen LogP contribution in [0.4, 0.5) is 27.6 Å². The van der Waals surface area contributed by atoms with Crippen molar-refractivity contribution in [3.63, 3.8) is 0 Å². The number of amides is 4. The molecule has 2 heterocycles. The molecule has 2 aromatic rings. The number of aromatic hydroxyl groups is 1. The van der Waals surface area contributed by atoms with Gasteiger partial charge in [-0.2, -0.15) is 5.06 Å². The van der Waals surface area contributed by atoms with Crippen LogP contribution in [0.15, 0.2) is 29.8 Å². The molecule has 43 heavy (non-hydrogen) atoms. The number of phenolic OH excluding ortho intramolecular Hbond substituents is 1. The summed E-state index contributed by atoms with van der Waals surface area (Å²) in [7, 11) is 1.24. The van der Waals surface area contributed by atoms with Crippen LogP contribution in [0.3, 0.4) is 0 Å². The number of nitrogens with zero attached hydrogens (tertiary/aromatic N) is 2. The number of anilines is 1. The van der Waals surface area contributed by atoms with Crippen LogP contribution >= 0.6 is 23.2 Å². The average Bonchev–Trinajstić information content (AvgIpc) is 3.28. The highest BCUT2D eigenvalue weighted by Crippen LogP contribution is 2.66. The molecular weight excluding hydrogens is 630 g/mol. The number of alkyl halides is 2. The van der Waals surface area contributed by atoms with E-state index in [0.717, 1.165) is 6.07 Å². The summed E-state index contributed by atoms with van der Waals surface area (Å²) in [6, 6.07) is 3.68. The number of fused-ring (bicyclic) bond motifs is 4. The quantitative estimate of drug-likeness (QED) is 0.0981. The van der Waals surface area contributed by atoms with E-state index in [1.807, 2.05) is 0 Å². The molecule has 9 nitrogen and oxygen atoms in total. The molecule has 16 heteroatoms. The summed E-state index contributed by atoms with van der Waals surface area (Å²) in [6.45, 7) is 0. The summed E-state index contributed by atoms with van der Waals surface area (Å²) in [4.78, 5) is 47.9. The van der Waals surface area contributed by atoms with Crippen molar-refractivity contribution in [1.29, 1.82) is 0 Å². The van der Waals surface area contributed by atoms with E-state index in [1.54, 1.807) is 0 Å². The largest absolute Gasteiger partial charge is 0.504 e. The van der Waals surface area contributed by atoms with Crippen molar-refractivity contribution < 1.29 is 56.2 Å². The van der Waals surface area contributed by atoms with E-state index in [1.165, 1.54) is 25.3 Å². The van der Waals surface area contributed by atoms with E-state index in [4.69, 9.17) is 27.9 Å². The molecule has 0 aromatic heterocycles. The number of allylic oxidation sites excluding steroid dienone is 2. The van der Waals surface area contributed by atoms with Crippen molar-refractivity contribution in [2.75, 3.05) is 12.0 Å². The second kappa shape index (κ2) is 9.37. The molecule has 3 fully saturated rings. The highest BCUT2D eigenvalue weighted by atomic mass is 35.5. The number of hydroxylamine groups is 2. The summed E-state index contributed by atoms with van der Waals surface area (Å²) in [5, 5.41) is 20.5. The van der Waals surface area contributed by atoms with Gasteiger partial charge >= 0.3 is 0 Å². The number of methoxy groups -OCH3 is 1. The van der Waals surface area contributed by atoms with Gasteiger partial charge in [-0.15, -0.1) is 23.2 Å². The lowest BCUT2D eigenvalue weighted by molar-refractivity contribution is -0.173. The SMILES string of the molecule is COc1ccc([C@H]2C3=CC[C@@H]4C(=O)N(O)C(=O)[C@@H]4[C@@H]3C[C@@]3(Cl)C(=O)N(c4c(F)c(F)c(F)c(F)c4F)C(=O)[C@@]23Cl)cc1O. The summed E-state index contributed by atoms with van der Waals surface area (Å²) in [6.07, 6.45) is 0.594. The van der Waals surface area contributed by atoms with Gasteiger partial charge in [-0.05, 0) is 36.5 Å². The lowest BCUT2D eigenvalue weighted by atomic mass is 9.56. The third-order valence-electron chi connectivity index (χ3n) is 8.73. The minimum Gasteiger partial charge on any atom is -0.504 e. The van der Waals surface area contributed by atoms with Gasteiger partial charge in [0.25, 0.3) is 23.6 Å². The number of halogens is 7. The predicted octanol–water partition coefficient (Wildman–Crippen LogP) is 4.05.